The van der Waals surface area contributed by atoms with Crippen LogP contribution < -0.4 is 0 Å². The molecule has 1 fully saturated rings. The standard InChI is InChI=1S/C11H17NOS/c13-9-10-3-1-6-12(10)7-5-11-4-2-8-14-11/h2,4,8,10,13H,1,3,5-7,9H2/t10-/m0/s1. The number of rotatable bonds is 4. The van der Waals surface area contributed by atoms with Crippen molar-refractivity contribution in [2.75, 3.05) is 19.7 Å². The number of nitrogens with zero attached hydrogens (tertiary/aromatic N) is 1. The normalized spacial score (nSPS) is 23.1. The van der Waals surface area contributed by atoms with Crippen molar-refractivity contribution < 1.29 is 5.11 Å². The zero-order valence-electron chi connectivity index (χ0n) is 8.35. The van der Waals surface area contributed by atoms with Crippen molar-refractivity contribution in [1.82, 2.24) is 4.90 Å². The summed E-state index contributed by atoms with van der Waals surface area (Å²) in [5.41, 5.74) is 0. The number of aliphatic hydroxyl groups is 1. The maximum atomic E-state index is 9.15. The van der Waals surface area contributed by atoms with Gasteiger partial charge in [-0.15, -0.1) is 11.3 Å². The van der Waals surface area contributed by atoms with E-state index in [1.165, 1.54) is 17.7 Å². The summed E-state index contributed by atoms with van der Waals surface area (Å²) in [4.78, 5) is 3.87. The smallest absolute Gasteiger partial charge is 0.0586 e. The lowest BCUT2D eigenvalue weighted by molar-refractivity contribution is 0.160. The van der Waals surface area contributed by atoms with Gasteiger partial charge in [-0.1, -0.05) is 6.07 Å². The van der Waals surface area contributed by atoms with Crippen LogP contribution in [-0.2, 0) is 6.42 Å². The molecule has 2 rings (SSSR count). The van der Waals surface area contributed by atoms with Gasteiger partial charge in [0.2, 0.25) is 0 Å². The first-order valence-electron chi connectivity index (χ1n) is 5.27. The Bertz CT molecular complexity index is 260. The van der Waals surface area contributed by atoms with Crippen molar-refractivity contribution >= 4 is 11.3 Å². The molecule has 3 heteroatoms. The second-order valence-corrected chi connectivity index (χ2v) is 4.88. The number of likely N-dealkylation sites (tertiary alicyclic amines) is 1. The fraction of sp³-hybridized carbons (Fsp3) is 0.636. The van der Waals surface area contributed by atoms with Gasteiger partial charge in [0.05, 0.1) is 6.61 Å². The Morgan fingerprint density at radius 1 is 1.57 bits per heavy atom. The van der Waals surface area contributed by atoms with Crippen LogP contribution in [0.3, 0.4) is 0 Å². The minimum Gasteiger partial charge on any atom is -0.395 e. The molecular formula is C11H17NOS. The van der Waals surface area contributed by atoms with Crippen molar-refractivity contribution in [3.63, 3.8) is 0 Å². The lowest BCUT2D eigenvalue weighted by Crippen LogP contribution is -2.33. The Balaban J connectivity index is 1.80. The molecule has 0 amide bonds. The zero-order chi connectivity index (χ0) is 9.80. The summed E-state index contributed by atoms with van der Waals surface area (Å²) in [6, 6.07) is 4.72. The van der Waals surface area contributed by atoms with E-state index in [0.29, 0.717) is 12.6 Å². The van der Waals surface area contributed by atoms with Gasteiger partial charge in [0.25, 0.3) is 0 Å². The molecule has 0 unspecified atom stereocenters. The molecule has 1 N–H and O–H groups in total. The maximum absolute atomic E-state index is 9.15. The Kier molecular flexibility index (Phi) is 3.56. The zero-order valence-corrected chi connectivity index (χ0v) is 9.17. The third-order valence-electron chi connectivity index (χ3n) is 2.94. The third kappa shape index (κ3) is 2.35. The lowest BCUT2D eigenvalue weighted by Gasteiger charge is -2.21. The molecule has 0 aromatic carbocycles. The molecule has 0 bridgehead atoms. The monoisotopic (exact) mass is 211 g/mol. The molecule has 1 saturated heterocycles. The minimum atomic E-state index is 0.324. The predicted molar refractivity (Wildman–Crippen MR) is 59.7 cm³/mol. The van der Waals surface area contributed by atoms with Gasteiger partial charge in [-0.2, -0.15) is 0 Å². The van der Waals surface area contributed by atoms with Crippen LogP contribution in [0.1, 0.15) is 17.7 Å². The largest absolute Gasteiger partial charge is 0.395 e. The van der Waals surface area contributed by atoms with E-state index in [1.54, 1.807) is 0 Å². The van der Waals surface area contributed by atoms with E-state index in [-0.39, 0.29) is 0 Å². The molecule has 2 nitrogen and oxygen atoms in total. The second-order valence-electron chi connectivity index (χ2n) is 3.84. The second kappa shape index (κ2) is 4.91. The molecule has 14 heavy (non-hydrogen) atoms. The highest BCUT2D eigenvalue weighted by Crippen LogP contribution is 2.18. The Hall–Kier alpha value is -0.380. The number of hydrogen-bond acceptors (Lipinski definition) is 3. The summed E-state index contributed by atoms with van der Waals surface area (Å²) >= 11 is 1.83. The van der Waals surface area contributed by atoms with E-state index in [0.717, 1.165) is 19.5 Å². The van der Waals surface area contributed by atoms with Crippen molar-refractivity contribution in [2.45, 2.75) is 25.3 Å². The van der Waals surface area contributed by atoms with Gasteiger partial charge in [-0.3, -0.25) is 4.90 Å². The van der Waals surface area contributed by atoms with E-state index in [9.17, 15) is 0 Å². The number of hydrogen-bond donors (Lipinski definition) is 1. The minimum absolute atomic E-state index is 0.324. The summed E-state index contributed by atoms with van der Waals surface area (Å²) in [5.74, 6) is 0. The SMILES string of the molecule is OC[C@@H]1CCCN1CCc1cccs1. The molecule has 0 spiro atoms. The third-order valence-corrected chi connectivity index (χ3v) is 3.87. The summed E-state index contributed by atoms with van der Waals surface area (Å²) < 4.78 is 0. The highest BCUT2D eigenvalue weighted by molar-refractivity contribution is 7.09. The Morgan fingerprint density at radius 3 is 3.21 bits per heavy atom. The van der Waals surface area contributed by atoms with Gasteiger partial charge in [0.1, 0.15) is 0 Å². The van der Waals surface area contributed by atoms with Crippen LogP contribution in [0.15, 0.2) is 17.5 Å². The molecule has 1 aliphatic rings. The first-order valence-corrected chi connectivity index (χ1v) is 6.15. The van der Waals surface area contributed by atoms with Crippen LogP contribution in [-0.4, -0.2) is 35.7 Å². The lowest BCUT2D eigenvalue weighted by atomic mass is 10.2. The van der Waals surface area contributed by atoms with Gasteiger partial charge in [-0.25, -0.2) is 0 Å². The van der Waals surface area contributed by atoms with Crippen LogP contribution in [0.5, 0.6) is 0 Å². The van der Waals surface area contributed by atoms with E-state index in [4.69, 9.17) is 5.11 Å². The van der Waals surface area contributed by atoms with Gasteiger partial charge < -0.3 is 5.11 Å². The summed E-state index contributed by atoms with van der Waals surface area (Å²) in [6.07, 6.45) is 3.55. The van der Waals surface area contributed by atoms with Gasteiger partial charge in [-0.05, 0) is 37.3 Å². The van der Waals surface area contributed by atoms with E-state index in [2.05, 4.69) is 22.4 Å². The fourth-order valence-electron chi connectivity index (χ4n) is 2.10. The van der Waals surface area contributed by atoms with Crippen LogP contribution in [0, 0.1) is 0 Å². The van der Waals surface area contributed by atoms with Crippen LogP contribution in [0.25, 0.3) is 0 Å². The average Bonchev–Trinajstić information content (AvgIpc) is 2.85. The Morgan fingerprint density at radius 2 is 2.50 bits per heavy atom. The van der Waals surface area contributed by atoms with Crippen molar-refractivity contribution in [3.05, 3.63) is 22.4 Å². The summed E-state index contributed by atoms with van der Waals surface area (Å²) in [5, 5.41) is 11.3. The Labute approximate surface area is 89.2 Å². The van der Waals surface area contributed by atoms with E-state index in [1.807, 2.05) is 11.3 Å². The highest BCUT2D eigenvalue weighted by atomic mass is 32.1. The van der Waals surface area contributed by atoms with Gasteiger partial charge in [0.15, 0.2) is 0 Å². The van der Waals surface area contributed by atoms with Crippen molar-refractivity contribution in [1.29, 1.82) is 0 Å². The first-order chi connectivity index (χ1) is 6.90. The average molecular weight is 211 g/mol. The van der Waals surface area contributed by atoms with Crippen LogP contribution in [0.2, 0.25) is 0 Å². The molecule has 0 saturated carbocycles. The van der Waals surface area contributed by atoms with Gasteiger partial charge >= 0.3 is 0 Å². The van der Waals surface area contributed by atoms with Crippen molar-refractivity contribution in [2.24, 2.45) is 0 Å². The predicted octanol–water partition coefficient (Wildman–Crippen LogP) is 1.75. The summed E-state index contributed by atoms with van der Waals surface area (Å²) in [7, 11) is 0. The number of thiophene rings is 1. The quantitative estimate of drug-likeness (QED) is 0.820. The molecule has 78 valence electrons. The van der Waals surface area contributed by atoms with Crippen molar-refractivity contribution in [3.8, 4) is 0 Å². The van der Waals surface area contributed by atoms with E-state index < -0.39 is 0 Å². The molecular weight excluding hydrogens is 194 g/mol. The van der Waals surface area contributed by atoms with E-state index >= 15 is 0 Å². The highest BCUT2D eigenvalue weighted by Gasteiger charge is 2.22. The molecule has 1 aliphatic heterocycles. The van der Waals surface area contributed by atoms with Crippen LogP contribution >= 0.6 is 11.3 Å². The molecule has 1 aromatic heterocycles. The summed E-state index contributed by atoms with van der Waals surface area (Å²) in [6.45, 7) is 2.59. The fourth-order valence-corrected chi connectivity index (χ4v) is 2.80. The molecule has 1 aromatic rings. The van der Waals surface area contributed by atoms with Gasteiger partial charge in [0, 0.05) is 17.5 Å². The molecule has 0 aliphatic carbocycles. The first kappa shape index (κ1) is 10.1. The number of aliphatic hydroxyl groups excluding tert-OH is 1. The molecule has 2 heterocycles. The molecule has 1 atom stereocenters. The topological polar surface area (TPSA) is 23.5 Å². The maximum Gasteiger partial charge on any atom is 0.0586 e. The van der Waals surface area contributed by atoms with Crippen LogP contribution in [0.4, 0.5) is 0 Å². The molecule has 0 radical (unpaired) electrons.